The standard InChI is InChI=1S/C133H128B2N6O2/c1-85-54-67-119-103(74-85)121-125(143-119)139(96-61-55-88(56-62-96)126(2,3)4)115-78-99(137(94-48-34-24-35-49-94)95-50-36-25-37-51-95)80-117-123(115)135(121)109-82-105-107(133(18,19)73-71-131(105,14)15)84-113(109)141(117)111-66-60-91(76-102(111)87-42-28-21-29-43-87)129(10,11)69-68-128(8,9)89-57-63-97(64-58-89)138-114-77-98(136(92-44-30-22-31-45-92)93-46-32-23-33-47-93)79-116-122(114)134(120-100-52-38-39-53-118(100)142-124(120)138)108-81-104-106(132(16,17)72-70-130(104,12)13)83-112(108)140(116)110-65-59-90(127(5,6)7)75-101(110)86-40-26-20-27-41-86/h20-67,74-84H,68-73H2,1-19H3. The molecule has 6 aliphatic rings. The highest BCUT2D eigenvalue weighted by Crippen LogP contribution is 2.59. The number of rotatable bonds is 17. The van der Waals surface area contributed by atoms with Crippen LogP contribution in [0.5, 0.6) is 0 Å². The number of nitrogens with zero attached hydrogens (tertiary/aromatic N) is 6. The highest BCUT2D eigenvalue weighted by atomic mass is 16.4. The molecule has 2 aromatic heterocycles. The van der Waals surface area contributed by atoms with E-state index in [9.17, 15) is 0 Å². The van der Waals surface area contributed by atoms with Gasteiger partial charge < -0.3 is 28.4 Å². The zero-order valence-corrected chi connectivity index (χ0v) is 86.5. The van der Waals surface area contributed by atoms with Crippen molar-refractivity contribution in [3.8, 4) is 22.3 Å². The number of aryl methyl sites for hydroxylation is 1. The van der Waals surface area contributed by atoms with Crippen LogP contribution in [0.25, 0.3) is 44.2 Å². The molecule has 0 radical (unpaired) electrons. The molecule has 16 aromatic carbocycles. The van der Waals surface area contributed by atoms with Gasteiger partial charge in [0.15, 0.2) is 0 Å². The van der Waals surface area contributed by atoms with E-state index in [4.69, 9.17) is 8.83 Å². The molecule has 0 amide bonds. The van der Waals surface area contributed by atoms with Crippen molar-refractivity contribution >= 4 is 171 Å². The number of para-hydroxylation sites is 5. The van der Waals surface area contributed by atoms with Gasteiger partial charge in [-0.05, 0) is 318 Å². The summed E-state index contributed by atoms with van der Waals surface area (Å²) in [6, 6.07) is 136. The maximum absolute atomic E-state index is 7.68. The summed E-state index contributed by atoms with van der Waals surface area (Å²) >= 11 is 0. The van der Waals surface area contributed by atoms with Gasteiger partial charge in [-0.1, -0.05) is 336 Å². The minimum absolute atomic E-state index is 0.0688. The molecule has 6 heterocycles. The van der Waals surface area contributed by atoms with Crippen molar-refractivity contribution in [1.82, 2.24) is 0 Å². The molecule has 0 bridgehead atoms. The predicted octanol–water partition coefficient (Wildman–Crippen LogP) is 33.3. The van der Waals surface area contributed by atoms with Crippen molar-refractivity contribution in [2.45, 2.75) is 213 Å². The van der Waals surface area contributed by atoms with Gasteiger partial charge in [0.25, 0.3) is 13.4 Å². The van der Waals surface area contributed by atoms with Crippen LogP contribution in [0.3, 0.4) is 0 Å². The van der Waals surface area contributed by atoms with E-state index in [0.29, 0.717) is 0 Å². The molecule has 0 atom stereocenters. The molecule has 10 heteroatoms. The lowest BCUT2D eigenvalue weighted by Crippen LogP contribution is -2.61. The van der Waals surface area contributed by atoms with Crippen LogP contribution in [0.2, 0.25) is 0 Å². The lowest BCUT2D eigenvalue weighted by atomic mass is 9.33. The van der Waals surface area contributed by atoms with Crippen LogP contribution in [0.15, 0.2) is 367 Å². The summed E-state index contributed by atoms with van der Waals surface area (Å²) in [7, 11) is 0. The second kappa shape index (κ2) is 33.3. The third kappa shape index (κ3) is 15.1. The first-order valence-corrected chi connectivity index (χ1v) is 52.0. The molecule has 18 aromatic rings. The summed E-state index contributed by atoms with van der Waals surface area (Å²) < 4.78 is 15.3. The first kappa shape index (κ1) is 91.0. The first-order valence-electron chi connectivity index (χ1n) is 52.0. The van der Waals surface area contributed by atoms with Gasteiger partial charge in [0.05, 0.1) is 22.7 Å². The van der Waals surface area contributed by atoms with Gasteiger partial charge in [-0.15, -0.1) is 0 Å². The van der Waals surface area contributed by atoms with E-state index in [1.54, 1.807) is 0 Å². The van der Waals surface area contributed by atoms with Crippen molar-refractivity contribution in [3.63, 3.8) is 0 Å². The molecule has 0 spiro atoms. The Hall–Kier alpha value is -14.5. The van der Waals surface area contributed by atoms with Gasteiger partial charge in [-0.3, -0.25) is 9.80 Å². The number of hydrogen-bond acceptors (Lipinski definition) is 8. The van der Waals surface area contributed by atoms with Crippen LogP contribution in [-0.4, -0.2) is 13.4 Å². The van der Waals surface area contributed by atoms with Gasteiger partial charge >= 0.3 is 0 Å². The molecular weight excluding hydrogens is 1740 g/mol. The van der Waals surface area contributed by atoms with Crippen molar-refractivity contribution in [2.75, 3.05) is 29.4 Å². The fourth-order valence-corrected chi connectivity index (χ4v) is 24.8. The quantitative estimate of drug-likeness (QED) is 0.0836. The topological polar surface area (TPSA) is 45.7 Å². The number of furan rings is 2. The van der Waals surface area contributed by atoms with Crippen LogP contribution in [-0.2, 0) is 43.3 Å². The third-order valence-corrected chi connectivity index (χ3v) is 33.5. The molecule has 0 unspecified atom stereocenters. The summed E-state index contributed by atoms with van der Waals surface area (Å²) in [5, 5.41) is 2.27. The Morgan fingerprint density at radius 1 is 0.273 bits per heavy atom. The lowest BCUT2D eigenvalue weighted by Gasteiger charge is -2.47. The number of benzene rings is 16. The van der Waals surface area contributed by atoms with E-state index in [2.05, 4.69) is 519 Å². The van der Waals surface area contributed by atoms with Gasteiger partial charge in [0.1, 0.15) is 11.2 Å². The average Bonchev–Trinajstić information content (AvgIpc) is 1.65. The monoisotopic (exact) mass is 1860 g/mol. The van der Waals surface area contributed by atoms with E-state index in [1.165, 1.54) is 111 Å². The van der Waals surface area contributed by atoms with Crippen LogP contribution in [0.4, 0.5) is 103 Å². The van der Waals surface area contributed by atoms with Crippen LogP contribution < -0.4 is 62.2 Å². The Kier molecular flexibility index (Phi) is 21.2. The van der Waals surface area contributed by atoms with E-state index in [0.717, 1.165) is 157 Å². The van der Waals surface area contributed by atoms with Gasteiger partial charge in [0, 0.05) is 101 Å². The normalized spacial score (nSPS) is 15.6. The maximum Gasteiger partial charge on any atom is 0.257 e. The summed E-state index contributed by atoms with van der Waals surface area (Å²) in [5.74, 6) is 1.70. The molecule has 0 N–H and O–H groups in total. The van der Waals surface area contributed by atoms with Gasteiger partial charge in [-0.25, -0.2) is 0 Å². The molecule has 2 aliphatic carbocycles. The fourth-order valence-electron chi connectivity index (χ4n) is 24.8. The van der Waals surface area contributed by atoms with Crippen molar-refractivity contribution in [1.29, 1.82) is 0 Å². The van der Waals surface area contributed by atoms with E-state index < -0.39 is 0 Å². The van der Waals surface area contributed by atoms with E-state index >= 15 is 0 Å². The minimum Gasteiger partial charge on any atom is -0.440 e. The highest BCUT2D eigenvalue weighted by molar-refractivity contribution is 7.02. The second-order valence-electron chi connectivity index (χ2n) is 47.7. The van der Waals surface area contributed by atoms with Crippen LogP contribution in [0.1, 0.15) is 213 Å². The summed E-state index contributed by atoms with van der Waals surface area (Å²) in [6.07, 6.45) is 6.17. The molecule has 0 saturated heterocycles. The van der Waals surface area contributed by atoms with Crippen molar-refractivity contribution in [2.24, 2.45) is 0 Å². The molecule has 24 rings (SSSR count). The number of anilines is 18. The Morgan fingerprint density at radius 3 is 1.01 bits per heavy atom. The predicted molar refractivity (Wildman–Crippen MR) is 609 cm³/mol. The molecule has 143 heavy (non-hydrogen) atoms. The molecule has 4 aliphatic heterocycles. The zero-order chi connectivity index (χ0) is 98.7. The van der Waals surface area contributed by atoms with Crippen molar-refractivity contribution < 1.29 is 8.83 Å². The first-order chi connectivity index (χ1) is 68.6. The maximum atomic E-state index is 7.68. The minimum atomic E-state index is -0.308. The summed E-state index contributed by atoms with van der Waals surface area (Å²) in [5.41, 5.74) is 42.3. The van der Waals surface area contributed by atoms with Crippen LogP contribution in [0, 0.1) is 6.92 Å². The second-order valence-corrected chi connectivity index (χ2v) is 47.7. The average molecular weight is 1860 g/mol. The molecule has 0 saturated carbocycles. The summed E-state index contributed by atoms with van der Waals surface area (Å²) in [4.78, 5) is 15.3. The van der Waals surface area contributed by atoms with Gasteiger partial charge in [0.2, 0.25) is 11.8 Å². The lowest BCUT2D eigenvalue weighted by molar-refractivity contribution is 0.332. The van der Waals surface area contributed by atoms with E-state index in [1.807, 2.05) is 0 Å². The molecule has 708 valence electrons. The third-order valence-electron chi connectivity index (χ3n) is 33.5. The fraction of sp³-hybridized carbons (Fsp3) is 0.248. The highest BCUT2D eigenvalue weighted by Gasteiger charge is 2.53. The number of fused-ring (bicyclic) bond motifs is 14. The Labute approximate surface area is 846 Å². The largest absolute Gasteiger partial charge is 0.440 e. The van der Waals surface area contributed by atoms with Gasteiger partial charge in [-0.2, -0.15) is 0 Å². The van der Waals surface area contributed by atoms with Crippen molar-refractivity contribution in [3.05, 3.63) is 408 Å². The number of hydrogen-bond donors (Lipinski definition) is 0. The molecule has 0 fully saturated rings. The molecule has 8 nitrogen and oxygen atoms in total. The Bertz CT molecular complexity index is 7980. The van der Waals surface area contributed by atoms with Crippen LogP contribution >= 0.6 is 0 Å². The van der Waals surface area contributed by atoms with E-state index in [-0.39, 0.29) is 56.7 Å². The smallest absolute Gasteiger partial charge is 0.257 e. The zero-order valence-electron chi connectivity index (χ0n) is 86.5. The SMILES string of the molecule is Cc1ccc2oc3c(c2c1)B1c2cc4c(cc2N(c2ccc(C(C)(C)CCC(C)(C)c5ccc(N6c7cc(N(c8ccccc8)c8ccccc8)cc8c7B(c7cc9c(cc7N8c7ccc(C(C)(C)C)cc7-c7ccccc7)C(C)(C)CCC9(C)C)c7c6oc6ccccc76)cc5)cc2-c2ccccc2)c2cc(N(c5ccccc5)c5ccccc5)cc(c21)N3c1ccc(C(C)(C)C)cc1)C(C)(C)CCC4(C)C. The Balaban J connectivity index is 0.664. The molecular formula is C133H128B2N6O2. The summed E-state index contributed by atoms with van der Waals surface area (Å²) in [6.45, 7) is 45.5. The Morgan fingerprint density at radius 2 is 0.601 bits per heavy atom.